The van der Waals surface area contributed by atoms with Gasteiger partial charge in [0.1, 0.15) is 0 Å². The Morgan fingerprint density at radius 2 is 1.60 bits per heavy atom. The van der Waals surface area contributed by atoms with Gasteiger partial charge in [0.15, 0.2) is 0 Å². The zero-order valence-corrected chi connectivity index (χ0v) is 15.6. The fourth-order valence-electron chi connectivity index (χ4n) is 2.60. The van der Waals surface area contributed by atoms with Gasteiger partial charge < -0.3 is 10.2 Å². The van der Waals surface area contributed by atoms with Crippen LogP contribution in [0.15, 0.2) is 54.6 Å². The second kappa shape index (κ2) is 9.07. The van der Waals surface area contributed by atoms with Crippen molar-refractivity contribution in [1.29, 1.82) is 0 Å². The number of nitrogens with one attached hydrogen (secondary N) is 1. The standard InChI is InChI=1S/C22H28N2O/c1-5-24(6-2)21-15-13-20(14-16-21)23-22(25)19-11-9-18(10-12-19)8-7-17(3)4/h7-17H,5-6H2,1-4H3,(H,23,25)/b8-7+. The van der Waals surface area contributed by atoms with E-state index in [1.54, 1.807) is 0 Å². The summed E-state index contributed by atoms with van der Waals surface area (Å²) in [5.41, 5.74) is 3.75. The molecule has 0 saturated carbocycles. The molecule has 1 N–H and O–H groups in total. The van der Waals surface area contributed by atoms with Crippen molar-refractivity contribution in [2.45, 2.75) is 27.7 Å². The van der Waals surface area contributed by atoms with E-state index in [9.17, 15) is 4.79 Å². The highest BCUT2D eigenvalue weighted by Gasteiger charge is 2.07. The number of allylic oxidation sites excluding steroid dienone is 1. The maximum absolute atomic E-state index is 12.4. The predicted octanol–water partition coefficient (Wildman–Crippen LogP) is 5.45. The van der Waals surface area contributed by atoms with Crippen LogP contribution in [0.3, 0.4) is 0 Å². The van der Waals surface area contributed by atoms with Crippen LogP contribution in [0.25, 0.3) is 6.08 Å². The highest BCUT2D eigenvalue weighted by atomic mass is 16.1. The van der Waals surface area contributed by atoms with Crippen LogP contribution < -0.4 is 10.2 Å². The minimum atomic E-state index is -0.0880. The summed E-state index contributed by atoms with van der Waals surface area (Å²) in [6.45, 7) is 10.5. The van der Waals surface area contributed by atoms with E-state index in [1.807, 2.05) is 48.5 Å². The molecular formula is C22H28N2O. The van der Waals surface area contributed by atoms with E-state index in [1.165, 1.54) is 5.69 Å². The van der Waals surface area contributed by atoms with Gasteiger partial charge in [0.2, 0.25) is 0 Å². The van der Waals surface area contributed by atoms with Crippen molar-refractivity contribution >= 4 is 23.4 Å². The van der Waals surface area contributed by atoms with E-state index < -0.39 is 0 Å². The first-order valence-electron chi connectivity index (χ1n) is 8.98. The molecule has 0 bridgehead atoms. The molecule has 2 aromatic rings. The Kier molecular flexibility index (Phi) is 6.81. The summed E-state index contributed by atoms with van der Waals surface area (Å²) in [6.07, 6.45) is 4.23. The molecule has 3 heteroatoms. The first-order chi connectivity index (χ1) is 12.0. The summed E-state index contributed by atoms with van der Waals surface area (Å²) in [7, 11) is 0. The summed E-state index contributed by atoms with van der Waals surface area (Å²) < 4.78 is 0. The monoisotopic (exact) mass is 336 g/mol. The highest BCUT2D eigenvalue weighted by molar-refractivity contribution is 6.04. The minimum absolute atomic E-state index is 0.0880. The maximum atomic E-state index is 12.4. The number of hydrogen-bond donors (Lipinski definition) is 1. The molecule has 0 spiro atoms. The topological polar surface area (TPSA) is 32.3 Å². The average molecular weight is 336 g/mol. The quantitative estimate of drug-likeness (QED) is 0.728. The number of rotatable bonds is 7. The third-order valence-electron chi connectivity index (χ3n) is 4.10. The number of hydrogen-bond acceptors (Lipinski definition) is 2. The Balaban J connectivity index is 2.02. The molecule has 0 aromatic heterocycles. The molecule has 2 rings (SSSR count). The Hall–Kier alpha value is -2.55. The fraction of sp³-hybridized carbons (Fsp3) is 0.318. The molecule has 0 fully saturated rings. The van der Waals surface area contributed by atoms with Gasteiger partial charge in [-0.2, -0.15) is 0 Å². The van der Waals surface area contributed by atoms with Crippen molar-refractivity contribution < 1.29 is 4.79 Å². The van der Waals surface area contributed by atoms with Crippen LogP contribution in [-0.2, 0) is 0 Å². The van der Waals surface area contributed by atoms with E-state index in [-0.39, 0.29) is 5.91 Å². The van der Waals surface area contributed by atoms with Gasteiger partial charge in [-0.05, 0) is 61.7 Å². The number of anilines is 2. The lowest BCUT2D eigenvalue weighted by atomic mass is 10.1. The van der Waals surface area contributed by atoms with Gasteiger partial charge in [-0.3, -0.25) is 4.79 Å². The molecule has 0 unspecified atom stereocenters. The van der Waals surface area contributed by atoms with Crippen LogP contribution in [-0.4, -0.2) is 19.0 Å². The first kappa shape index (κ1) is 18.8. The van der Waals surface area contributed by atoms with Crippen LogP contribution in [0.5, 0.6) is 0 Å². The van der Waals surface area contributed by atoms with Crippen molar-refractivity contribution in [2.75, 3.05) is 23.3 Å². The van der Waals surface area contributed by atoms with Crippen LogP contribution in [0, 0.1) is 5.92 Å². The molecule has 0 aliphatic carbocycles. The highest BCUT2D eigenvalue weighted by Crippen LogP contribution is 2.18. The molecule has 3 nitrogen and oxygen atoms in total. The van der Waals surface area contributed by atoms with Gasteiger partial charge >= 0.3 is 0 Å². The van der Waals surface area contributed by atoms with Crippen molar-refractivity contribution in [2.24, 2.45) is 5.92 Å². The molecule has 1 amide bonds. The maximum Gasteiger partial charge on any atom is 0.255 e. The molecule has 0 saturated heterocycles. The fourth-order valence-corrected chi connectivity index (χ4v) is 2.60. The minimum Gasteiger partial charge on any atom is -0.372 e. The lowest BCUT2D eigenvalue weighted by Gasteiger charge is -2.21. The number of carbonyl (C=O) groups excluding carboxylic acids is 1. The van der Waals surface area contributed by atoms with Gasteiger partial charge in [-0.1, -0.05) is 38.1 Å². The summed E-state index contributed by atoms with van der Waals surface area (Å²) in [4.78, 5) is 14.7. The van der Waals surface area contributed by atoms with Crippen LogP contribution in [0.1, 0.15) is 43.6 Å². The molecular weight excluding hydrogens is 308 g/mol. The summed E-state index contributed by atoms with van der Waals surface area (Å²) >= 11 is 0. The first-order valence-corrected chi connectivity index (χ1v) is 8.98. The van der Waals surface area contributed by atoms with Crippen LogP contribution >= 0.6 is 0 Å². The van der Waals surface area contributed by atoms with E-state index in [0.29, 0.717) is 11.5 Å². The molecule has 0 radical (unpaired) electrons. The van der Waals surface area contributed by atoms with Crippen molar-refractivity contribution in [3.05, 3.63) is 65.7 Å². The van der Waals surface area contributed by atoms with E-state index in [2.05, 4.69) is 50.1 Å². The molecule has 25 heavy (non-hydrogen) atoms. The largest absolute Gasteiger partial charge is 0.372 e. The van der Waals surface area contributed by atoms with Gasteiger partial charge in [-0.25, -0.2) is 0 Å². The third-order valence-corrected chi connectivity index (χ3v) is 4.10. The van der Waals surface area contributed by atoms with Crippen LogP contribution in [0.4, 0.5) is 11.4 Å². The summed E-state index contributed by atoms with van der Waals surface area (Å²) in [6, 6.07) is 15.6. The Morgan fingerprint density at radius 3 is 2.12 bits per heavy atom. The zero-order chi connectivity index (χ0) is 18.2. The zero-order valence-electron chi connectivity index (χ0n) is 15.6. The van der Waals surface area contributed by atoms with Crippen molar-refractivity contribution in [3.63, 3.8) is 0 Å². The number of amides is 1. The normalized spacial score (nSPS) is 11.1. The van der Waals surface area contributed by atoms with Gasteiger partial charge in [-0.15, -0.1) is 0 Å². The lowest BCUT2D eigenvalue weighted by molar-refractivity contribution is 0.102. The van der Waals surface area contributed by atoms with Gasteiger partial charge in [0.25, 0.3) is 5.91 Å². The van der Waals surface area contributed by atoms with Crippen molar-refractivity contribution in [1.82, 2.24) is 0 Å². The second-order valence-corrected chi connectivity index (χ2v) is 6.40. The average Bonchev–Trinajstić information content (AvgIpc) is 2.62. The van der Waals surface area contributed by atoms with Gasteiger partial charge in [0, 0.05) is 30.0 Å². The molecule has 0 atom stereocenters. The number of nitrogens with zero attached hydrogens (tertiary/aromatic N) is 1. The molecule has 0 heterocycles. The third kappa shape index (κ3) is 5.49. The van der Waals surface area contributed by atoms with E-state index >= 15 is 0 Å². The lowest BCUT2D eigenvalue weighted by Crippen LogP contribution is -2.21. The molecule has 0 aliphatic rings. The molecule has 2 aromatic carbocycles. The van der Waals surface area contributed by atoms with Gasteiger partial charge in [0.05, 0.1) is 0 Å². The number of benzene rings is 2. The van der Waals surface area contributed by atoms with Crippen LogP contribution in [0.2, 0.25) is 0 Å². The SMILES string of the molecule is CCN(CC)c1ccc(NC(=O)c2ccc(/C=C/C(C)C)cc2)cc1. The Bertz CT molecular complexity index is 696. The summed E-state index contributed by atoms with van der Waals surface area (Å²) in [5, 5.41) is 2.95. The second-order valence-electron chi connectivity index (χ2n) is 6.40. The molecule has 0 aliphatic heterocycles. The smallest absolute Gasteiger partial charge is 0.255 e. The predicted molar refractivity (Wildman–Crippen MR) is 108 cm³/mol. The van der Waals surface area contributed by atoms with E-state index in [0.717, 1.165) is 24.3 Å². The van der Waals surface area contributed by atoms with E-state index in [4.69, 9.17) is 0 Å². The van der Waals surface area contributed by atoms with Crippen molar-refractivity contribution in [3.8, 4) is 0 Å². The number of carbonyl (C=O) groups is 1. The Labute approximate surface area is 151 Å². The summed E-state index contributed by atoms with van der Waals surface area (Å²) in [5.74, 6) is 0.428. The molecule has 132 valence electrons. The Morgan fingerprint density at radius 1 is 1.00 bits per heavy atom.